The fraction of sp³-hybridized carbons (Fsp3) is 0.304. The number of nitrogens with zero attached hydrogens (tertiary/aromatic N) is 4. The third kappa shape index (κ3) is 3.64. The van der Waals surface area contributed by atoms with Gasteiger partial charge in [0.05, 0.1) is 25.0 Å². The maximum absolute atomic E-state index is 7.38. The van der Waals surface area contributed by atoms with E-state index in [2.05, 4.69) is 40.8 Å². The number of ether oxygens (including phenoxy) is 1. The van der Waals surface area contributed by atoms with Crippen molar-refractivity contribution in [2.75, 3.05) is 24.7 Å². The van der Waals surface area contributed by atoms with Crippen molar-refractivity contribution in [1.29, 1.82) is 5.41 Å². The number of hydrogen-bond acceptors (Lipinski definition) is 7. The van der Waals surface area contributed by atoms with Crippen molar-refractivity contribution in [2.45, 2.75) is 26.8 Å². The molecule has 4 heterocycles. The smallest absolute Gasteiger partial charge is 0.130 e. The van der Waals surface area contributed by atoms with E-state index in [0.29, 0.717) is 24.6 Å². The average molecular weight is 403 g/mol. The molecule has 3 aromatic heterocycles. The maximum Gasteiger partial charge on any atom is 0.130 e. The minimum atomic E-state index is 0.212. The van der Waals surface area contributed by atoms with Gasteiger partial charge in [-0.1, -0.05) is 0 Å². The van der Waals surface area contributed by atoms with Gasteiger partial charge < -0.3 is 20.8 Å². The van der Waals surface area contributed by atoms with Gasteiger partial charge in [0.15, 0.2) is 0 Å². The SMILES string of the molecule is Cc1cc(-c2cc(N3CCOC[C@H]3C)nc3c(/C(N)=C/C=N)nccc23)cnc1C. The van der Waals surface area contributed by atoms with E-state index in [0.717, 1.165) is 51.9 Å². The summed E-state index contributed by atoms with van der Waals surface area (Å²) in [5.74, 6) is 0.864. The molecular formula is C23H26N6O. The Hall–Kier alpha value is -3.32. The predicted octanol–water partition coefficient (Wildman–Crippen LogP) is 3.48. The highest BCUT2D eigenvalue weighted by molar-refractivity contribution is 6.01. The number of nitrogens with two attached hydrogens (primary N) is 1. The summed E-state index contributed by atoms with van der Waals surface area (Å²) in [5, 5.41) is 8.33. The first kappa shape index (κ1) is 20.0. The number of anilines is 1. The minimum absolute atomic E-state index is 0.212. The first-order valence-electron chi connectivity index (χ1n) is 10.0. The molecule has 30 heavy (non-hydrogen) atoms. The maximum atomic E-state index is 7.38. The van der Waals surface area contributed by atoms with E-state index in [4.69, 9.17) is 20.9 Å². The molecule has 0 saturated carbocycles. The molecule has 1 fully saturated rings. The fourth-order valence-corrected chi connectivity index (χ4v) is 3.76. The molecule has 0 unspecified atom stereocenters. The highest BCUT2D eigenvalue weighted by Crippen LogP contribution is 2.34. The summed E-state index contributed by atoms with van der Waals surface area (Å²) in [7, 11) is 0. The Bertz CT molecular complexity index is 1140. The molecule has 4 rings (SSSR count). The molecular weight excluding hydrogens is 376 g/mol. The molecule has 154 valence electrons. The molecule has 1 saturated heterocycles. The highest BCUT2D eigenvalue weighted by atomic mass is 16.5. The van der Waals surface area contributed by atoms with Crippen molar-refractivity contribution in [3.8, 4) is 11.1 Å². The zero-order chi connectivity index (χ0) is 21.3. The van der Waals surface area contributed by atoms with Crippen LogP contribution < -0.4 is 10.6 Å². The van der Waals surface area contributed by atoms with Gasteiger partial charge in [-0.25, -0.2) is 4.98 Å². The Kier molecular flexibility index (Phi) is 5.46. The van der Waals surface area contributed by atoms with Gasteiger partial charge in [-0.2, -0.15) is 0 Å². The molecule has 7 nitrogen and oxygen atoms in total. The lowest BCUT2D eigenvalue weighted by molar-refractivity contribution is 0.0986. The lowest BCUT2D eigenvalue weighted by atomic mass is 9.99. The second kappa shape index (κ2) is 8.20. The van der Waals surface area contributed by atoms with Crippen molar-refractivity contribution in [3.05, 3.63) is 53.6 Å². The molecule has 0 spiro atoms. The molecule has 0 radical (unpaired) electrons. The van der Waals surface area contributed by atoms with E-state index in [1.807, 2.05) is 19.2 Å². The fourth-order valence-electron chi connectivity index (χ4n) is 3.76. The second-order valence-corrected chi connectivity index (χ2v) is 7.62. The van der Waals surface area contributed by atoms with Crippen molar-refractivity contribution in [1.82, 2.24) is 15.0 Å². The van der Waals surface area contributed by atoms with E-state index in [-0.39, 0.29) is 6.04 Å². The number of nitrogens with one attached hydrogen (secondary N) is 1. The van der Waals surface area contributed by atoms with Crippen LogP contribution in [0.1, 0.15) is 23.9 Å². The summed E-state index contributed by atoms with van der Waals surface area (Å²) in [6, 6.07) is 6.45. The number of rotatable bonds is 4. The first-order chi connectivity index (χ1) is 14.5. The summed E-state index contributed by atoms with van der Waals surface area (Å²) in [6.45, 7) is 8.31. The Balaban J connectivity index is 2.01. The van der Waals surface area contributed by atoms with Crippen molar-refractivity contribution in [3.63, 3.8) is 0 Å². The number of aryl methyl sites for hydroxylation is 2. The van der Waals surface area contributed by atoms with Crippen LogP contribution in [0.15, 0.2) is 36.7 Å². The number of allylic oxidation sites excluding steroid dienone is 1. The summed E-state index contributed by atoms with van der Waals surface area (Å²) in [6.07, 6.45) is 6.34. The summed E-state index contributed by atoms with van der Waals surface area (Å²) in [5.41, 5.74) is 12.2. The lowest BCUT2D eigenvalue weighted by Crippen LogP contribution is -2.44. The molecule has 0 amide bonds. The lowest BCUT2D eigenvalue weighted by Gasteiger charge is -2.34. The minimum Gasteiger partial charge on any atom is -0.397 e. The van der Waals surface area contributed by atoms with Crippen LogP contribution in [0.5, 0.6) is 0 Å². The number of fused-ring (bicyclic) bond motifs is 1. The van der Waals surface area contributed by atoms with E-state index >= 15 is 0 Å². The highest BCUT2D eigenvalue weighted by Gasteiger charge is 2.23. The zero-order valence-electron chi connectivity index (χ0n) is 17.5. The van der Waals surface area contributed by atoms with E-state index in [9.17, 15) is 0 Å². The molecule has 0 aromatic carbocycles. The molecule has 3 aromatic rings. The molecule has 0 bridgehead atoms. The van der Waals surface area contributed by atoms with Gasteiger partial charge in [-0.15, -0.1) is 0 Å². The first-order valence-corrected chi connectivity index (χ1v) is 10.0. The van der Waals surface area contributed by atoms with Crippen LogP contribution in [-0.4, -0.2) is 47.0 Å². The number of aromatic nitrogens is 3. The van der Waals surface area contributed by atoms with Gasteiger partial charge in [0.2, 0.25) is 0 Å². The van der Waals surface area contributed by atoms with Gasteiger partial charge in [0, 0.05) is 41.8 Å². The largest absolute Gasteiger partial charge is 0.397 e. The van der Waals surface area contributed by atoms with Gasteiger partial charge in [0.1, 0.15) is 17.0 Å². The molecule has 3 N–H and O–H groups in total. The van der Waals surface area contributed by atoms with Crippen LogP contribution in [0, 0.1) is 19.3 Å². The van der Waals surface area contributed by atoms with Crippen molar-refractivity contribution < 1.29 is 4.74 Å². The molecule has 1 atom stereocenters. The Morgan fingerprint density at radius 3 is 2.87 bits per heavy atom. The van der Waals surface area contributed by atoms with Gasteiger partial charge in [0.25, 0.3) is 0 Å². The van der Waals surface area contributed by atoms with E-state index in [1.165, 1.54) is 6.08 Å². The monoisotopic (exact) mass is 402 g/mol. The van der Waals surface area contributed by atoms with Crippen molar-refractivity contribution >= 4 is 28.6 Å². The van der Waals surface area contributed by atoms with E-state index < -0.39 is 0 Å². The Morgan fingerprint density at radius 1 is 1.30 bits per heavy atom. The van der Waals surface area contributed by atoms with Crippen LogP contribution in [0.2, 0.25) is 0 Å². The van der Waals surface area contributed by atoms with Crippen LogP contribution in [0.25, 0.3) is 27.7 Å². The van der Waals surface area contributed by atoms with Crippen molar-refractivity contribution in [2.24, 2.45) is 5.73 Å². The standard InChI is InChI=1S/C23H26N6O/c1-14-10-17(12-27-16(14)3)19-11-21(29-8-9-30-13-15(29)2)28-22-18(19)5-7-26-23(22)20(25)4-6-24/h4-7,10-12,15,24H,8-9,13,25H2,1-3H3/b20-4-,24-6?/t15-/m1/s1. The third-order valence-electron chi connectivity index (χ3n) is 5.56. The van der Waals surface area contributed by atoms with Gasteiger partial charge in [-0.05, 0) is 56.2 Å². The van der Waals surface area contributed by atoms with Crippen LogP contribution in [0.3, 0.4) is 0 Å². The number of morpholine rings is 1. The predicted molar refractivity (Wildman–Crippen MR) is 121 cm³/mol. The summed E-state index contributed by atoms with van der Waals surface area (Å²) >= 11 is 0. The number of hydrogen-bond donors (Lipinski definition) is 2. The normalized spacial score (nSPS) is 17.4. The molecule has 1 aliphatic rings. The molecule has 1 aliphatic heterocycles. The Morgan fingerprint density at radius 2 is 2.13 bits per heavy atom. The Labute approximate surface area is 176 Å². The average Bonchev–Trinajstić information content (AvgIpc) is 2.75. The van der Waals surface area contributed by atoms with Gasteiger partial charge in [-0.3, -0.25) is 9.97 Å². The van der Waals surface area contributed by atoms with Gasteiger partial charge >= 0.3 is 0 Å². The topological polar surface area (TPSA) is 101 Å². The quantitative estimate of drug-likeness (QED) is 0.648. The number of pyridine rings is 3. The molecule has 0 aliphatic carbocycles. The van der Waals surface area contributed by atoms with Crippen LogP contribution >= 0.6 is 0 Å². The zero-order valence-corrected chi connectivity index (χ0v) is 17.5. The summed E-state index contributed by atoms with van der Waals surface area (Å²) < 4.78 is 5.61. The van der Waals surface area contributed by atoms with Crippen LogP contribution in [0.4, 0.5) is 5.82 Å². The second-order valence-electron chi connectivity index (χ2n) is 7.62. The molecule has 7 heteroatoms. The summed E-state index contributed by atoms with van der Waals surface area (Å²) in [4.78, 5) is 16.3. The van der Waals surface area contributed by atoms with E-state index in [1.54, 1.807) is 6.20 Å². The third-order valence-corrected chi connectivity index (χ3v) is 5.56. The van der Waals surface area contributed by atoms with Crippen LogP contribution in [-0.2, 0) is 4.74 Å².